The molecule has 0 amide bonds. The zero-order chi connectivity index (χ0) is 10.4. The molecule has 78 valence electrons. The number of carboxylic acids is 1. The van der Waals surface area contributed by atoms with E-state index < -0.39 is 18.1 Å². The zero-order valence-corrected chi connectivity index (χ0v) is 8.45. The maximum atomic E-state index is 10.7. The Labute approximate surface area is 79.0 Å². The van der Waals surface area contributed by atoms with Gasteiger partial charge in [0.2, 0.25) is 0 Å². The summed E-state index contributed by atoms with van der Waals surface area (Å²) in [5.41, 5.74) is 0. The predicted molar refractivity (Wildman–Crippen MR) is 50.6 cm³/mol. The second kappa shape index (κ2) is 5.94. The molecule has 0 fully saturated rings. The average Bonchev–Trinajstić information content (AvgIpc) is 2.03. The molecule has 4 heteroatoms. The van der Waals surface area contributed by atoms with Crippen LogP contribution in [0.1, 0.15) is 33.6 Å². The first-order valence-electron chi connectivity index (χ1n) is 4.66. The number of carboxylic acid groups (broad SMARTS) is 1. The highest BCUT2D eigenvalue weighted by Crippen LogP contribution is 2.00. The van der Waals surface area contributed by atoms with E-state index in [0.717, 1.165) is 6.42 Å². The highest BCUT2D eigenvalue weighted by atomic mass is 16.4. The fourth-order valence-corrected chi connectivity index (χ4v) is 1.02. The summed E-state index contributed by atoms with van der Waals surface area (Å²) in [6, 6.07) is -0.734. The summed E-state index contributed by atoms with van der Waals surface area (Å²) in [5.74, 6) is -0.852. The summed E-state index contributed by atoms with van der Waals surface area (Å²) in [6.45, 7) is 5.35. The Bertz CT molecular complexity index is 159. The molecule has 0 saturated carbocycles. The first-order chi connectivity index (χ1) is 5.99. The second-order valence-electron chi connectivity index (χ2n) is 3.38. The Morgan fingerprint density at radius 1 is 1.46 bits per heavy atom. The minimum Gasteiger partial charge on any atom is -0.480 e. The van der Waals surface area contributed by atoms with Gasteiger partial charge in [-0.1, -0.05) is 13.3 Å². The van der Waals surface area contributed by atoms with Gasteiger partial charge in [0.05, 0.1) is 6.10 Å². The number of aliphatic hydroxyl groups is 1. The van der Waals surface area contributed by atoms with Gasteiger partial charge in [0, 0.05) is 6.04 Å². The van der Waals surface area contributed by atoms with Crippen LogP contribution >= 0.6 is 0 Å². The molecule has 0 bridgehead atoms. The Kier molecular flexibility index (Phi) is 5.66. The summed E-state index contributed by atoms with van der Waals surface area (Å²) < 4.78 is 0. The number of aliphatic carboxylic acids is 1. The van der Waals surface area contributed by atoms with Crippen LogP contribution in [0.5, 0.6) is 0 Å². The van der Waals surface area contributed by atoms with Crippen molar-refractivity contribution in [2.45, 2.75) is 51.8 Å². The molecule has 3 atom stereocenters. The molecule has 0 aromatic heterocycles. The van der Waals surface area contributed by atoms with Gasteiger partial charge in [-0.3, -0.25) is 10.1 Å². The van der Waals surface area contributed by atoms with Crippen molar-refractivity contribution in [2.24, 2.45) is 0 Å². The minimum absolute atomic E-state index is 0.187. The van der Waals surface area contributed by atoms with Crippen LogP contribution in [0.4, 0.5) is 0 Å². The molecular weight excluding hydrogens is 170 g/mol. The number of aliphatic hydroxyl groups excluding tert-OH is 1. The second-order valence-corrected chi connectivity index (χ2v) is 3.38. The Morgan fingerprint density at radius 2 is 2.00 bits per heavy atom. The van der Waals surface area contributed by atoms with Crippen LogP contribution in [0.2, 0.25) is 0 Å². The van der Waals surface area contributed by atoms with Gasteiger partial charge < -0.3 is 10.2 Å². The first kappa shape index (κ1) is 12.4. The van der Waals surface area contributed by atoms with Crippen molar-refractivity contribution in [2.75, 3.05) is 0 Å². The molecule has 3 N–H and O–H groups in total. The molecule has 0 spiro atoms. The summed E-state index contributed by atoms with van der Waals surface area (Å²) in [6.07, 6.45) is 0.877. The van der Waals surface area contributed by atoms with Gasteiger partial charge in [-0.05, 0) is 20.3 Å². The van der Waals surface area contributed by atoms with Gasteiger partial charge in [-0.25, -0.2) is 0 Å². The Balaban J connectivity index is 4.01. The van der Waals surface area contributed by atoms with E-state index in [0.29, 0.717) is 6.42 Å². The number of hydrogen-bond donors (Lipinski definition) is 3. The number of carbonyl (C=O) groups is 1. The third-order valence-electron chi connectivity index (χ3n) is 2.06. The van der Waals surface area contributed by atoms with E-state index in [1.54, 1.807) is 13.8 Å². The number of rotatable bonds is 6. The van der Waals surface area contributed by atoms with Gasteiger partial charge in [0.15, 0.2) is 0 Å². The maximum Gasteiger partial charge on any atom is 0.320 e. The molecule has 0 aliphatic rings. The van der Waals surface area contributed by atoms with Crippen molar-refractivity contribution in [1.29, 1.82) is 0 Å². The average molecular weight is 189 g/mol. The monoisotopic (exact) mass is 189 g/mol. The number of nitrogens with one attached hydrogen (secondary N) is 1. The van der Waals surface area contributed by atoms with Gasteiger partial charge in [0.1, 0.15) is 6.04 Å². The quantitative estimate of drug-likeness (QED) is 0.572. The van der Waals surface area contributed by atoms with Crippen LogP contribution in [0.3, 0.4) is 0 Å². The third-order valence-corrected chi connectivity index (χ3v) is 2.06. The van der Waals surface area contributed by atoms with Crippen LogP contribution in [-0.4, -0.2) is 34.4 Å². The molecule has 0 aromatic rings. The lowest BCUT2D eigenvalue weighted by Crippen LogP contribution is -2.46. The number of hydrogen-bond acceptors (Lipinski definition) is 3. The molecule has 0 aromatic carbocycles. The SMILES string of the molecule is CCCC(NC(C)C(C)O)C(=O)O. The van der Waals surface area contributed by atoms with Gasteiger partial charge in [0.25, 0.3) is 0 Å². The van der Waals surface area contributed by atoms with Crippen molar-refractivity contribution >= 4 is 5.97 Å². The van der Waals surface area contributed by atoms with Crippen molar-refractivity contribution in [3.63, 3.8) is 0 Å². The van der Waals surface area contributed by atoms with Crippen molar-refractivity contribution in [3.05, 3.63) is 0 Å². The molecule has 13 heavy (non-hydrogen) atoms. The summed E-state index contributed by atoms with van der Waals surface area (Å²) in [4.78, 5) is 10.7. The maximum absolute atomic E-state index is 10.7. The van der Waals surface area contributed by atoms with Crippen molar-refractivity contribution in [1.82, 2.24) is 5.32 Å². The topological polar surface area (TPSA) is 69.6 Å². The molecular formula is C9H19NO3. The van der Waals surface area contributed by atoms with Crippen LogP contribution in [0.25, 0.3) is 0 Å². The molecule has 0 aliphatic carbocycles. The molecule has 4 nitrogen and oxygen atoms in total. The smallest absolute Gasteiger partial charge is 0.320 e. The zero-order valence-electron chi connectivity index (χ0n) is 8.45. The van der Waals surface area contributed by atoms with E-state index in [2.05, 4.69) is 5.32 Å². The van der Waals surface area contributed by atoms with Crippen molar-refractivity contribution in [3.8, 4) is 0 Å². The lowest BCUT2D eigenvalue weighted by Gasteiger charge is -2.21. The fraction of sp³-hybridized carbons (Fsp3) is 0.889. The van der Waals surface area contributed by atoms with Crippen LogP contribution in [0.15, 0.2) is 0 Å². The van der Waals surface area contributed by atoms with Gasteiger partial charge in [-0.15, -0.1) is 0 Å². The standard InChI is InChI=1S/C9H19NO3/c1-4-5-8(9(12)13)10-6(2)7(3)11/h6-8,10-11H,4-5H2,1-3H3,(H,12,13). The van der Waals surface area contributed by atoms with Crippen LogP contribution < -0.4 is 5.32 Å². The highest BCUT2D eigenvalue weighted by molar-refractivity contribution is 5.73. The lowest BCUT2D eigenvalue weighted by atomic mass is 10.1. The highest BCUT2D eigenvalue weighted by Gasteiger charge is 2.20. The normalized spacial score (nSPS) is 17.8. The summed E-state index contributed by atoms with van der Waals surface area (Å²) >= 11 is 0. The van der Waals surface area contributed by atoms with E-state index in [4.69, 9.17) is 10.2 Å². The lowest BCUT2D eigenvalue weighted by molar-refractivity contribution is -0.140. The molecule has 0 aliphatic heterocycles. The van der Waals surface area contributed by atoms with Crippen molar-refractivity contribution < 1.29 is 15.0 Å². The summed E-state index contributed by atoms with van der Waals surface area (Å²) in [5, 5.41) is 20.8. The molecule has 0 saturated heterocycles. The van der Waals surface area contributed by atoms with E-state index in [1.165, 1.54) is 0 Å². The van der Waals surface area contributed by atoms with Gasteiger partial charge >= 0.3 is 5.97 Å². The van der Waals surface area contributed by atoms with E-state index in [1.807, 2.05) is 6.92 Å². The fourth-order valence-electron chi connectivity index (χ4n) is 1.02. The first-order valence-corrected chi connectivity index (χ1v) is 4.66. The Hall–Kier alpha value is -0.610. The summed E-state index contributed by atoms with van der Waals surface area (Å²) in [7, 11) is 0. The van der Waals surface area contributed by atoms with Crippen LogP contribution in [0, 0.1) is 0 Å². The molecule has 0 rings (SSSR count). The van der Waals surface area contributed by atoms with Gasteiger partial charge in [-0.2, -0.15) is 0 Å². The molecule has 3 unspecified atom stereocenters. The third kappa shape index (κ3) is 4.85. The predicted octanol–water partition coefficient (Wildman–Crippen LogP) is 0.599. The molecule has 0 radical (unpaired) electrons. The van der Waals surface area contributed by atoms with E-state index in [-0.39, 0.29) is 6.04 Å². The molecule has 0 heterocycles. The van der Waals surface area contributed by atoms with E-state index >= 15 is 0 Å². The minimum atomic E-state index is -0.852. The van der Waals surface area contributed by atoms with Crippen LogP contribution in [-0.2, 0) is 4.79 Å². The van der Waals surface area contributed by atoms with E-state index in [9.17, 15) is 4.79 Å². The largest absolute Gasteiger partial charge is 0.480 e. The Morgan fingerprint density at radius 3 is 2.31 bits per heavy atom.